The van der Waals surface area contributed by atoms with Crippen molar-refractivity contribution in [2.24, 2.45) is 0 Å². The Kier molecular flexibility index (Phi) is 5.21. The first-order chi connectivity index (χ1) is 16.1. The summed E-state index contributed by atoms with van der Waals surface area (Å²) in [6.07, 6.45) is 1.97. The van der Waals surface area contributed by atoms with Crippen LogP contribution in [-0.2, 0) is 0 Å². The molecule has 0 bridgehead atoms. The highest BCUT2D eigenvalue weighted by Gasteiger charge is 2.31. The zero-order valence-corrected chi connectivity index (χ0v) is 19.1. The van der Waals surface area contributed by atoms with Crippen LogP contribution >= 0.6 is 22.7 Å². The number of aromatic nitrogens is 1. The highest BCUT2D eigenvalue weighted by Crippen LogP contribution is 2.49. The number of allylic oxidation sites excluding steroid dienone is 5. The van der Waals surface area contributed by atoms with E-state index < -0.39 is 0 Å². The quantitative estimate of drug-likeness (QED) is 0.297. The molecule has 5 rings (SSSR count). The number of fused-ring (bicyclic) bond motifs is 2. The van der Waals surface area contributed by atoms with Gasteiger partial charge in [0.25, 0.3) is 0 Å². The van der Waals surface area contributed by atoms with Crippen LogP contribution in [0.4, 0.5) is 0 Å². The third-order valence-corrected chi connectivity index (χ3v) is 7.59. The van der Waals surface area contributed by atoms with Gasteiger partial charge in [0.05, 0.1) is 10.8 Å². The van der Waals surface area contributed by atoms with E-state index in [0.717, 1.165) is 47.3 Å². The number of hydrogen-bond acceptors (Lipinski definition) is 6. The SMILES string of the molecule is C/C(C#N)=C1/C(=C\c2cc3sc(-c4ccccc4)nc3s2)C(=C(C#N)C#N)c2ccccc21. The summed E-state index contributed by atoms with van der Waals surface area (Å²) in [7, 11) is 0. The van der Waals surface area contributed by atoms with Gasteiger partial charge < -0.3 is 0 Å². The molecule has 2 aromatic heterocycles. The van der Waals surface area contributed by atoms with Gasteiger partial charge in [-0.1, -0.05) is 54.6 Å². The monoisotopic (exact) mass is 458 g/mol. The van der Waals surface area contributed by atoms with E-state index in [1.165, 1.54) is 0 Å². The van der Waals surface area contributed by atoms with E-state index in [2.05, 4.69) is 12.1 Å². The molecule has 0 amide bonds. The van der Waals surface area contributed by atoms with Crippen LogP contribution in [0.2, 0.25) is 0 Å². The molecule has 6 heteroatoms. The number of hydrogen-bond donors (Lipinski definition) is 0. The van der Waals surface area contributed by atoms with Gasteiger partial charge in [0, 0.05) is 27.2 Å². The first-order valence-corrected chi connectivity index (χ1v) is 11.7. The molecule has 1 aliphatic carbocycles. The minimum absolute atomic E-state index is 0.0392. The summed E-state index contributed by atoms with van der Waals surface area (Å²) in [4.78, 5) is 6.70. The zero-order valence-electron chi connectivity index (χ0n) is 17.5. The van der Waals surface area contributed by atoms with E-state index in [9.17, 15) is 15.8 Å². The second-order valence-electron chi connectivity index (χ2n) is 7.39. The van der Waals surface area contributed by atoms with Crippen LogP contribution < -0.4 is 0 Å². The lowest BCUT2D eigenvalue weighted by molar-refractivity contribution is 1.44. The highest BCUT2D eigenvalue weighted by molar-refractivity contribution is 7.29. The van der Waals surface area contributed by atoms with Crippen molar-refractivity contribution in [3.63, 3.8) is 0 Å². The molecule has 0 saturated heterocycles. The second-order valence-corrected chi connectivity index (χ2v) is 9.49. The standard InChI is InChI=1S/C27H14N4S2/c1-16(13-28)24-20-9-5-6-10-21(20)25(18(14-29)15-30)22(24)11-19-12-23-27(32-19)31-26(33-23)17-7-3-2-4-8-17/h2-12H,1H3/b22-11+,24-16-. The predicted octanol–water partition coefficient (Wildman–Crippen LogP) is 7.22. The number of benzene rings is 2. The van der Waals surface area contributed by atoms with E-state index in [4.69, 9.17) is 4.98 Å². The molecular formula is C27H14N4S2. The maximum absolute atomic E-state index is 9.68. The summed E-state index contributed by atoms with van der Waals surface area (Å²) >= 11 is 3.19. The van der Waals surface area contributed by atoms with Gasteiger partial charge in [-0.3, -0.25) is 0 Å². The molecule has 2 heterocycles. The Bertz CT molecular complexity index is 1590. The molecule has 0 atom stereocenters. The summed E-state index contributed by atoms with van der Waals surface area (Å²) in [6, 6.07) is 26.1. The van der Waals surface area contributed by atoms with Crippen molar-refractivity contribution in [1.29, 1.82) is 15.8 Å². The number of nitrogens with zero attached hydrogens (tertiary/aromatic N) is 4. The molecule has 0 saturated carbocycles. The highest BCUT2D eigenvalue weighted by atomic mass is 32.1. The summed E-state index contributed by atoms with van der Waals surface area (Å²) < 4.78 is 1.08. The van der Waals surface area contributed by atoms with Crippen molar-refractivity contribution < 1.29 is 0 Å². The molecule has 0 unspecified atom stereocenters. The van der Waals surface area contributed by atoms with Crippen LogP contribution in [0.3, 0.4) is 0 Å². The van der Waals surface area contributed by atoms with E-state index in [-0.39, 0.29) is 5.57 Å². The normalized spacial score (nSPS) is 15.1. The predicted molar refractivity (Wildman–Crippen MR) is 134 cm³/mol. The number of nitriles is 3. The fourth-order valence-electron chi connectivity index (χ4n) is 4.01. The molecule has 154 valence electrons. The largest absolute Gasteiger partial charge is 0.225 e. The molecule has 0 fully saturated rings. The van der Waals surface area contributed by atoms with E-state index >= 15 is 0 Å². The van der Waals surface area contributed by atoms with Crippen molar-refractivity contribution >= 4 is 49.4 Å². The Morgan fingerprint density at radius 3 is 2.15 bits per heavy atom. The lowest BCUT2D eigenvalue weighted by Crippen LogP contribution is -1.88. The summed E-state index contributed by atoms with van der Waals surface area (Å²) in [6.45, 7) is 1.77. The molecule has 33 heavy (non-hydrogen) atoms. The van der Waals surface area contributed by atoms with Crippen LogP contribution in [0.1, 0.15) is 22.9 Å². The van der Waals surface area contributed by atoms with Crippen molar-refractivity contribution in [3.8, 4) is 28.8 Å². The van der Waals surface area contributed by atoms with Crippen molar-refractivity contribution in [2.75, 3.05) is 0 Å². The maximum Gasteiger partial charge on any atom is 0.138 e. The molecule has 0 spiro atoms. The van der Waals surface area contributed by atoms with Crippen LogP contribution in [-0.4, -0.2) is 4.98 Å². The van der Waals surface area contributed by atoms with Gasteiger partial charge in [-0.25, -0.2) is 4.98 Å². The van der Waals surface area contributed by atoms with Crippen LogP contribution in [0.25, 0.3) is 37.3 Å². The molecular weight excluding hydrogens is 444 g/mol. The Morgan fingerprint density at radius 1 is 0.848 bits per heavy atom. The summed E-state index contributed by atoms with van der Waals surface area (Å²) in [5, 5.41) is 30.0. The third-order valence-electron chi connectivity index (χ3n) is 5.44. The average molecular weight is 459 g/mol. The molecule has 0 radical (unpaired) electrons. The van der Waals surface area contributed by atoms with Gasteiger partial charge in [0.2, 0.25) is 0 Å². The van der Waals surface area contributed by atoms with Crippen LogP contribution in [0.5, 0.6) is 0 Å². The summed E-state index contributed by atoms with van der Waals surface area (Å²) in [5.74, 6) is 0. The van der Waals surface area contributed by atoms with E-state index in [1.54, 1.807) is 29.6 Å². The minimum Gasteiger partial charge on any atom is -0.225 e. The second kappa shape index (κ2) is 8.34. The van der Waals surface area contributed by atoms with E-state index in [1.807, 2.05) is 72.8 Å². The number of thiophene rings is 1. The van der Waals surface area contributed by atoms with Crippen molar-refractivity contribution in [3.05, 3.63) is 93.4 Å². The molecule has 4 nitrogen and oxygen atoms in total. The third kappa shape index (κ3) is 3.47. The minimum atomic E-state index is 0.0392. The fraction of sp³-hybridized carbons (Fsp3) is 0.0370. The van der Waals surface area contributed by atoms with Crippen molar-refractivity contribution in [2.45, 2.75) is 6.92 Å². The van der Waals surface area contributed by atoms with Gasteiger partial charge in [0.1, 0.15) is 27.5 Å². The first kappa shape index (κ1) is 20.6. The van der Waals surface area contributed by atoms with Gasteiger partial charge in [-0.05, 0) is 35.8 Å². The Labute approximate surface area is 198 Å². The maximum atomic E-state index is 9.68. The van der Waals surface area contributed by atoms with Gasteiger partial charge in [0.15, 0.2) is 0 Å². The van der Waals surface area contributed by atoms with Gasteiger partial charge in [-0.15, -0.1) is 22.7 Å². The van der Waals surface area contributed by atoms with Crippen molar-refractivity contribution in [1.82, 2.24) is 4.98 Å². The first-order valence-electron chi connectivity index (χ1n) is 10.1. The topological polar surface area (TPSA) is 84.3 Å². The molecule has 1 aliphatic rings. The number of thiazole rings is 1. The van der Waals surface area contributed by atoms with Gasteiger partial charge in [-0.2, -0.15) is 15.8 Å². The molecule has 4 aromatic rings. The Balaban J connectivity index is 1.70. The number of rotatable bonds is 2. The average Bonchev–Trinajstić information content (AvgIpc) is 3.51. The lowest BCUT2D eigenvalue weighted by Gasteiger charge is -2.05. The lowest BCUT2D eigenvalue weighted by atomic mass is 9.96. The molecule has 2 aromatic carbocycles. The molecule has 0 aliphatic heterocycles. The Hall–Kier alpha value is -4.28. The zero-order chi connectivity index (χ0) is 22.9. The van der Waals surface area contributed by atoms with Crippen LogP contribution in [0.15, 0.2) is 77.4 Å². The van der Waals surface area contributed by atoms with E-state index in [0.29, 0.717) is 11.1 Å². The fourth-order valence-corrected chi connectivity index (χ4v) is 6.19. The van der Waals surface area contributed by atoms with Gasteiger partial charge >= 0.3 is 0 Å². The summed E-state index contributed by atoms with van der Waals surface area (Å²) in [5.41, 5.74) is 5.41. The van der Waals surface area contributed by atoms with Crippen LogP contribution in [0, 0.1) is 34.0 Å². The molecule has 0 N–H and O–H groups in total. The smallest absolute Gasteiger partial charge is 0.138 e. The Morgan fingerprint density at radius 2 is 1.52 bits per heavy atom.